The molecule has 0 aromatic carbocycles. The fraction of sp³-hybridized carbons (Fsp3) is 0.600. The zero-order valence-corrected chi connectivity index (χ0v) is 15.9. The summed E-state index contributed by atoms with van der Waals surface area (Å²) in [5.41, 5.74) is 1.00. The molecule has 2 aliphatic heterocycles. The number of hydrogen-bond donors (Lipinski definition) is 1. The van der Waals surface area contributed by atoms with Gasteiger partial charge in [0.1, 0.15) is 0 Å². The first kappa shape index (κ1) is 19.5. The highest BCUT2D eigenvalue weighted by Crippen LogP contribution is 2.24. The number of carbonyl (C=O) groups excluding carboxylic acids is 3. The number of piperidine rings is 2. The second-order valence-electron chi connectivity index (χ2n) is 7.49. The molecule has 1 atom stereocenters. The van der Waals surface area contributed by atoms with E-state index in [1.165, 1.54) is 6.92 Å². The van der Waals surface area contributed by atoms with Gasteiger partial charge < -0.3 is 10.2 Å². The van der Waals surface area contributed by atoms with Crippen molar-refractivity contribution in [2.45, 2.75) is 45.2 Å². The van der Waals surface area contributed by atoms with Gasteiger partial charge in [0.25, 0.3) is 5.91 Å². The number of Topliss-reactive ketones (excluding diaryl/α,β-unsaturated/α-hetero) is 1. The maximum absolute atomic E-state index is 12.6. The smallest absolute Gasteiger partial charge is 0.289 e. The summed E-state index contributed by atoms with van der Waals surface area (Å²) in [5.74, 6) is -0.656. The maximum atomic E-state index is 12.6. The van der Waals surface area contributed by atoms with Crippen LogP contribution in [-0.2, 0) is 20.9 Å². The lowest BCUT2D eigenvalue weighted by Crippen LogP contribution is -2.52. The number of carbonyl (C=O) groups is 3. The molecule has 0 saturated carbocycles. The van der Waals surface area contributed by atoms with Crippen LogP contribution in [-0.4, -0.2) is 64.6 Å². The number of aromatic nitrogens is 1. The summed E-state index contributed by atoms with van der Waals surface area (Å²) in [4.78, 5) is 43.8. The molecule has 146 valence electrons. The molecule has 3 heterocycles. The number of ketones is 1. The van der Waals surface area contributed by atoms with Crippen LogP contribution in [0.3, 0.4) is 0 Å². The van der Waals surface area contributed by atoms with Crippen molar-refractivity contribution in [3.8, 4) is 0 Å². The quantitative estimate of drug-likeness (QED) is 0.780. The van der Waals surface area contributed by atoms with Crippen LogP contribution in [0, 0.1) is 5.92 Å². The van der Waals surface area contributed by atoms with E-state index in [-0.39, 0.29) is 17.7 Å². The van der Waals surface area contributed by atoms with Gasteiger partial charge in [0.05, 0.1) is 5.92 Å². The van der Waals surface area contributed by atoms with Gasteiger partial charge in [-0.3, -0.25) is 24.3 Å². The predicted octanol–water partition coefficient (Wildman–Crippen LogP) is 0.990. The topological polar surface area (TPSA) is 82.6 Å². The fourth-order valence-corrected chi connectivity index (χ4v) is 4.05. The van der Waals surface area contributed by atoms with E-state index < -0.39 is 5.78 Å². The minimum atomic E-state index is -0.392. The Hall–Kier alpha value is -2.28. The van der Waals surface area contributed by atoms with Crippen LogP contribution >= 0.6 is 0 Å². The lowest BCUT2D eigenvalue weighted by Gasteiger charge is -2.41. The molecule has 2 amide bonds. The molecule has 1 N–H and O–H groups in total. The molecular weight excluding hydrogens is 344 g/mol. The van der Waals surface area contributed by atoms with Crippen LogP contribution in [0.5, 0.6) is 0 Å². The zero-order valence-electron chi connectivity index (χ0n) is 15.9. The number of nitrogens with one attached hydrogen (secondary N) is 1. The first-order chi connectivity index (χ1) is 13.0. The summed E-state index contributed by atoms with van der Waals surface area (Å²) in [7, 11) is 0. The highest BCUT2D eigenvalue weighted by atomic mass is 16.2. The summed E-state index contributed by atoms with van der Waals surface area (Å²) >= 11 is 0. The minimum absolute atomic E-state index is 0.00676. The van der Waals surface area contributed by atoms with E-state index in [1.54, 1.807) is 17.3 Å². The standard InChI is InChI=1S/C20H28N4O3/c1-15(25)20(27)23-10-6-18(7-11-23)24-9-3-5-17(14-24)19(26)22-13-16-4-2-8-21-12-16/h2,4,8,12,17-18H,3,5-7,9-11,13-14H2,1H3,(H,22,26). The van der Waals surface area contributed by atoms with Gasteiger partial charge >= 0.3 is 0 Å². The van der Waals surface area contributed by atoms with Crippen LogP contribution in [0.15, 0.2) is 24.5 Å². The first-order valence-corrected chi connectivity index (χ1v) is 9.75. The van der Waals surface area contributed by atoms with E-state index in [1.807, 2.05) is 12.1 Å². The Kier molecular flexibility index (Phi) is 6.55. The first-order valence-electron chi connectivity index (χ1n) is 9.75. The van der Waals surface area contributed by atoms with Gasteiger partial charge in [0, 0.05) is 51.5 Å². The van der Waals surface area contributed by atoms with Gasteiger partial charge in [-0.2, -0.15) is 0 Å². The van der Waals surface area contributed by atoms with Crippen molar-refractivity contribution in [1.29, 1.82) is 0 Å². The van der Waals surface area contributed by atoms with E-state index in [0.29, 0.717) is 25.7 Å². The molecule has 0 spiro atoms. The van der Waals surface area contributed by atoms with Gasteiger partial charge in [-0.05, 0) is 43.9 Å². The molecule has 27 heavy (non-hydrogen) atoms. The van der Waals surface area contributed by atoms with E-state index in [9.17, 15) is 14.4 Å². The molecule has 0 bridgehead atoms. The molecule has 1 unspecified atom stereocenters. The minimum Gasteiger partial charge on any atom is -0.352 e. The van der Waals surface area contributed by atoms with Crippen molar-refractivity contribution in [2.24, 2.45) is 5.92 Å². The summed E-state index contributed by atoms with van der Waals surface area (Å²) in [6.07, 6.45) is 7.14. The Labute approximate surface area is 160 Å². The van der Waals surface area contributed by atoms with E-state index in [4.69, 9.17) is 0 Å². The third kappa shape index (κ3) is 5.13. The van der Waals surface area contributed by atoms with Crippen molar-refractivity contribution < 1.29 is 14.4 Å². The largest absolute Gasteiger partial charge is 0.352 e. The molecule has 1 aromatic heterocycles. The molecule has 1 aromatic rings. The fourth-order valence-electron chi connectivity index (χ4n) is 4.05. The van der Waals surface area contributed by atoms with Crippen molar-refractivity contribution in [1.82, 2.24) is 20.1 Å². The Morgan fingerprint density at radius 3 is 2.63 bits per heavy atom. The highest BCUT2D eigenvalue weighted by molar-refractivity contribution is 6.35. The van der Waals surface area contributed by atoms with Crippen LogP contribution in [0.4, 0.5) is 0 Å². The summed E-state index contributed by atoms with van der Waals surface area (Å²) in [6, 6.07) is 4.21. The van der Waals surface area contributed by atoms with Gasteiger partial charge in [-0.15, -0.1) is 0 Å². The Balaban J connectivity index is 1.47. The van der Waals surface area contributed by atoms with E-state index in [0.717, 1.165) is 44.3 Å². The molecule has 7 heteroatoms. The number of hydrogen-bond acceptors (Lipinski definition) is 5. The normalized spacial score (nSPS) is 21.7. The molecule has 2 fully saturated rings. The van der Waals surface area contributed by atoms with Crippen LogP contribution in [0.2, 0.25) is 0 Å². The highest BCUT2D eigenvalue weighted by Gasteiger charge is 2.33. The number of amides is 2. The molecule has 0 radical (unpaired) electrons. The zero-order chi connectivity index (χ0) is 19.2. The molecule has 2 saturated heterocycles. The second kappa shape index (κ2) is 9.08. The Morgan fingerprint density at radius 2 is 1.96 bits per heavy atom. The molecular formula is C20H28N4O3. The predicted molar refractivity (Wildman–Crippen MR) is 101 cm³/mol. The van der Waals surface area contributed by atoms with Crippen LogP contribution < -0.4 is 5.32 Å². The average molecular weight is 372 g/mol. The van der Waals surface area contributed by atoms with Crippen LogP contribution in [0.25, 0.3) is 0 Å². The number of nitrogens with zero attached hydrogens (tertiary/aromatic N) is 3. The van der Waals surface area contributed by atoms with Crippen molar-refractivity contribution in [2.75, 3.05) is 26.2 Å². The molecule has 2 aliphatic rings. The summed E-state index contributed by atoms with van der Waals surface area (Å²) < 4.78 is 0. The molecule has 7 nitrogen and oxygen atoms in total. The van der Waals surface area contributed by atoms with Crippen molar-refractivity contribution in [3.05, 3.63) is 30.1 Å². The second-order valence-corrected chi connectivity index (χ2v) is 7.49. The molecule has 3 rings (SSSR count). The van der Waals surface area contributed by atoms with E-state index in [2.05, 4.69) is 15.2 Å². The van der Waals surface area contributed by atoms with Gasteiger partial charge in [0.15, 0.2) is 0 Å². The van der Waals surface area contributed by atoms with Gasteiger partial charge in [-0.25, -0.2) is 0 Å². The number of likely N-dealkylation sites (tertiary alicyclic amines) is 2. The average Bonchev–Trinajstić information content (AvgIpc) is 2.72. The Bertz CT molecular complexity index is 671. The number of rotatable bonds is 5. The van der Waals surface area contributed by atoms with Crippen molar-refractivity contribution >= 4 is 17.6 Å². The lowest BCUT2D eigenvalue weighted by atomic mass is 9.93. The van der Waals surface area contributed by atoms with Gasteiger partial charge in [0.2, 0.25) is 11.7 Å². The number of pyridine rings is 1. The van der Waals surface area contributed by atoms with Crippen molar-refractivity contribution in [3.63, 3.8) is 0 Å². The Morgan fingerprint density at radius 1 is 1.19 bits per heavy atom. The third-order valence-electron chi connectivity index (χ3n) is 5.58. The third-order valence-corrected chi connectivity index (χ3v) is 5.58. The maximum Gasteiger partial charge on any atom is 0.289 e. The monoisotopic (exact) mass is 372 g/mol. The summed E-state index contributed by atoms with van der Waals surface area (Å²) in [6.45, 7) is 4.85. The lowest BCUT2D eigenvalue weighted by molar-refractivity contribution is -0.144. The van der Waals surface area contributed by atoms with Gasteiger partial charge in [-0.1, -0.05) is 6.07 Å². The molecule has 0 aliphatic carbocycles. The SMILES string of the molecule is CC(=O)C(=O)N1CCC(N2CCCC(C(=O)NCc3cccnc3)C2)CC1. The summed E-state index contributed by atoms with van der Waals surface area (Å²) in [5, 5.41) is 3.03. The van der Waals surface area contributed by atoms with E-state index >= 15 is 0 Å². The van der Waals surface area contributed by atoms with Crippen LogP contribution in [0.1, 0.15) is 38.2 Å².